The van der Waals surface area contributed by atoms with Gasteiger partial charge in [0.25, 0.3) is 0 Å². The Morgan fingerprint density at radius 2 is 2.12 bits per heavy atom. The van der Waals surface area contributed by atoms with Crippen LogP contribution in [0.2, 0.25) is 0 Å². The number of ether oxygens (including phenoxy) is 1. The van der Waals surface area contributed by atoms with Gasteiger partial charge in [0.2, 0.25) is 0 Å². The zero-order valence-electron chi connectivity index (χ0n) is 10.5. The Labute approximate surface area is 99.3 Å². The summed E-state index contributed by atoms with van der Waals surface area (Å²) in [7, 11) is 2.20. The van der Waals surface area contributed by atoms with Crippen molar-refractivity contribution >= 4 is 0 Å². The largest absolute Gasteiger partial charge is 0.375 e. The molecule has 1 heterocycles. The third-order valence-electron chi connectivity index (χ3n) is 3.90. The lowest BCUT2D eigenvalue weighted by Crippen LogP contribution is -2.44. The van der Waals surface area contributed by atoms with Crippen LogP contribution in [0.15, 0.2) is 0 Å². The molecule has 2 nitrogen and oxygen atoms in total. The minimum Gasteiger partial charge on any atom is -0.375 e. The average Bonchev–Trinajstić information content (AvgIpc) is 3.08. The van der Waals surface area contributed by atoms with Crippen molar-refractivity contribution in [3.8, 4) is 12.3 Å². The highest BCUT2D eigenvalue weighted by atomic mass is 16.5. The van der Waals surface area contributed by atoms with E-state index in [0.717, 1.165) is 25.3 Å². The summed E-state index contributed by atoms with van der Waals surface area (Å²) in [4.78, 5) is 2.42. The van der Waals surface area contributed by atoms with Gasteiger partial charge >= 0.3 is 0 Å². The van der Waals surface area contributed by atoms with Crippen molar-refractivity contribution in [3.05, 3.63) is 0 Å². The van der Waals surface area contributed by atoms with Crippen LogP contribution in [-0.2, 0) is 4.74 Å². The van der Waals surface area contributed by atoms with Gasteiger partial charge in [-0.25, -0.2) is 0 Å². The summed E-state index contributed by atoms with van der Waals surface area (Å²) in [6.07, 6.45) is 12.2. The van der Waals surface area contributed by atoms with Gasteiger partial charge in [-0.05, 0) is 45.6 Å². The van der Waals surface area contributed by atoms with Gasteiger partial charge in [0.15, 0.2) is 0 Å². The maximum atomic E-state index is 6.03. The van der Waals surface area contributed by atoms with Gasteiger partial charge in [-0.2, -0.15) is 0 Å². The summed E-state index contributed by atoms with van der Waals surface area (Å²) in [5.74, 6) is 3.58. The first-order chi connectivity index (χ1) is 7.70. The average molecular weight is 221 g/mol. The van der Waals surface area contributed by atoms with Crippen LogP contribution in [-0.4, -0.2) is 36.7 Å². The SMILES string of the molecule is C#CCCN(C)C1CC(C)OC(C2CC2)C1. The molecule has 2 heteroatoms. The van der Waals surface area contributed by atoms with E-state index in [1.807, 2.05) is 0 Å². The minimum atomic E-state index is 0.414. The third kappa shape index (κ3) is 2.99. The molecule has 2 aliphatic rings. The lowest BCUT2D eigenvalue weighted by molar-refractivity contribution is -0.0791. The van der Waals surface area contributed by atoms with Gasteiger partial charge in [0, 0.05) is 19.0 Å². The smallest absolute Gasteiger partial charge is 0.0621 e. The van der Waals surface area contributed by atoms with Crippen LogP contribution in [0.3, 0.4) is 0 Å². The van der Waals surface area contributed by atoms with E-state index in [-0.39, 0.29) is 0 Å². The van der Waals surface area contributed by atoms with Gasteiger partial charge in [-0.3, -0.25) is 0 Å². The van der Waals surface area contributed by atoms with Gasteiger partial charge < -0.3 is 9.64 Å². The number of rotatable bonds is 4. The summed E-state index contributed by atoms with van der Waals surface area (Å²) >= 11 is 0. The lowest BCUT2D eigenvalue weighted by atomic mass is 9.95. The van der Waals surface area contributed by atoms with Crippen LogP contribution in [0.5, 0.6) is 0 Å². The summed E-state index contributed by atoms with van der Waals surface area (Å²) in [6, 6.07) is 0.669. The number of terminal acetylenes is 1. The molecule has 1 aliphatic heterocycles. The van der Waals surface area contributed by atoms with Crippen LogP contribution in [0.25, 0.3) is 0 Å². The number of nitrogens with zero attached hydrogens (tertiary/aromatic N) is 1. The van der Waals surface area contributed by atoms with Gasteiger partial charge in [-0.1, -0.05) is 0 Å². The monoisotopic (exact) mass is 221 g/mol. The van der Waals surface area contributed by atoms with Crippen molar-refractivity contribution in [2.24, 2.45) is 5.92 Å². The highest BCUT2D eigenvalue weighted by Crippen LogP contribution is 2.40. The second-order valence-corrected chi connectivity index (χ2v) is 5.38. The Morgan fingerprint density at radius 3 is 2.75 bits per heavy atom. The molecule has 0 aromatic rings. The molecule has 0 aromatic heterocycles. The van der Waals surface area contributed by atoms with Crippen LogP contribution >= 0.6 is 0 Å². The van der Waals surface area contributed by atoms with E-state index in [9.17, 15) is 0 Å². The molecule has 90 valence electrons. The Hall–Kier alpha value is -0.520. The predicted octanol–water partition coefficient (Wildman–Crippen LogP) is 2.29. The molecule has 0 amide bonds. The Morgan fingerprint density at radius 1 is 1.38 bits per heavy atom. The topological polar surface area (TPSA) is 12.5 Å². The highest BCUT2D eigenvalue weighted by Gasteiger charge is 2.38. The molecule has 1 saturated carbocycles. The van der Waals surface area contributed by atoms with Gasteiger partial charge in [0.05, 0.1) is 12.2 Å². The van der Waals surface area contributed by atoms with Crippen molar-refractivity contribution in [3.63, 3.8) is 0 Å². The molecule has 16 heavy (non-hydrogen) atoms. The quantitative estimate of drug-likeness (QED) is 0.675. The molecule has 0 bridgehead atoms. The van der Waals surface area contributed by atoms with Crippen LogP contribution in [0.4, 0.5) is 0 Å². The molecule has 0 radical (unpaired) electrons. The molecule has 2 rings (SSSR count). The van der Waals surface area contributed by atoms with E-state index in [1.165, 1.54) is 19.3 Å². The molecule has 0 aromatic carbocycles. The van der Waals surface area contributed by atoms with Crippen LogP contribution < -0.4 is 0 Å². The summed E-state index contributed by atoms with van der Waals surface area (Å²) in [5, 5.41) is 0. The van der Waals surface area contributed by atoms with E-state index in [0.29, 0.717) is 18.2 Å². The standard InChI is InChI=1S/C14H23NO/c1-4-5-8-15(3)13-9-11(2)16-14(10-13)12-6-7-12/h1,11-14H,5-10H2,2-3H3. The second kappa shape index (κ2) is 5.21. The third-order valence-corrected chi connectivity index (χ3v) is 3.90. The first kappa shape index (κ1) is 12.0. The van der Waals surface area contributed by atoms with E-state index >= 15 is 0 Å². The van der Waals surface area contributed by atoms with E-state index in [4.69, 9.17) is 11.2 Å². The molecule has 0 spiro atoms. The summed E-state index contributed by atoms with van der Waals surface area (Å²) < 4.78 is 6.03. The molecule has 2 fully saturated rings. The highest BCUT2D eigenvalue weighted by molar-refractivity contribution is 4.91. The Bertz CT molecular complexity index is 266. The van der Waals surface area contributed by atoms with E-state index < -0.39 is 0 Å². The van der Waals surface area contributed by atoms with Crippen molar-refractivity contribution in [1.29, 1.82) is 0 Å². The molecule has 1 saturated heterocycles. The number of hydrogen-bond donors (Lipinski definition) is 0. The Balaban J connectivity index is 1.85. The molecule has 3 unspecified atom stereocenters. The molecule has 1 aliphatic carbocycles. The number of hydrogen-bond acceptors (Lipinski definition) is 2. The fourth-order valence-electron chi connectivity index (χ4n) is 2.71. The van der Waals surface area contributed by atoms with E-state index in [2.05, 4.69) is 24.8 Å². The fraction of sp³-hybridized carbons (Fsp3) is 0.857. The van der Waals surface area contributed by atoms with Crippen molar-refractivity contribution in [2.75, 3.05) is 13.6 Å². The van der Waals surface area contributed by atoms with Crippen molar-refractivity contribution < 1.29 is 4.74 Å². The zero-order valence-corrected chi connectivity index (χ0v) is 10.5. The summed E-state index contributed by atoms with van der Waals surface area (Å²) in [5.41, 5.74) is 0. The molecule has 0 N–H and O–H groups in total. The first-order valence-corrected chi connectivity index (χ1v) is 6.50. The molecular formula is C14H23NO. The van der Waals surface area contributed by atoms with Crippen LogP contribution in [0, 0.1) is 18.3 Å². The zero-order chi connectivity index (χ0) is 11.5. The fourth-order valence-corrected chi connectivity index (χ4v) is 2.71. The maximum Gasteiger partial charge on any atom is 0.0621 e. The van der Waals surface area contributed by atoms with Crippen molar-refractivity contribution in [2.45, 2.75) is 57.3 Å². The molecule has 3 atom stereocenters. The summed E-state index contributed by atoms with van der Waals surface area (Å²) in [6.45, 7) is 3.22. The van der Waals surface area contributed by atoms with Gasteiger partial charge in [-0.15, -0.1) is 12.3 Å². The predicted molar refractivity (Wildman–Crippen MR) is 66.2 cm³/mol. The van der Waals surface area contributed by atoms with Gasteiger partial charge in [0.1, 0.15) is 0 Å². The minimum absolute atomic E-state index is 0.414. The maximum absolute atomic E-state index is 6.03. The normalized spacial score (nSPS) is 35.0. The Kier molecular flexibility index (Phi) is 3.89. The van der Waals surface area contributed by atoms with Crippen LogP contribution in [0.1, 0.15) is 39.0 Å². The van der Waals surface area contributed by atoms with E-state index in [1.54, 1.807) is 0 Å². The lowest BCUT2D eigenvalue weighted by Gasteiger charge is -2.38. The van der Waals surface area contributed by atoms with Crippen molar-refractivity contribution in [1.82, 2.24) is 4.90 Å². The second-order valence-electron chi connectivity index (χ2n) is 5.38. The first-order valence-electron chi connectivity index (χ1n) is 6.50. The molecular weight excluding hydrogens is 198 g/mol.